The van der Waals surface area contributed by atoms with Crippen molar-refractivity contribution < 1.29 is 9.52 Å². The molecule has 0 atom stereocenters. The van der Waals surface area contributed by atoms with E-state index < -0.39 is 5.60 Å². The average Bonchev–Trinajstić information content (AvgIpc) is 3.09. The first-order chi connectivity index (χ1) is 8.75. The first kappa shape index (κ1) is 12.2. The molecule has 18 heavy (non-hydrogen) atoms. The molecule has 0 spiro atoms. The number of hydrogen-bond acceptors (Lipinski definition) is 3. The fraction of sp³-hybridized carbons (Fsp3) is 0.733. The average molecular weight is 249 g/mol. The summed E-state index contributed by atoms with van der Waals surface area (Å²) in [5.41, 5.74) is -0.451. The summed E-state index contributed by atoms with van der Waals surface area (Å²) in [6.45, 7) is 1.67. The van der Waals surface area contributed by atoms with Crippen molar-refractivity contribution in [3.63, 3.8) is 0 Å². The predicted octanol–water partition coefficient (Wildman–Crippen LogP) is 2.94. The number of rotatable bonds is 5. The quantitative estimate of drug-likeness (QED) is 0.871. The van der Waals surface area contributed by atoms with Gasteiger partial charge in [-0.3, -0.25) is 4.90 Å². The molecule has 0 saturated heterocycles. The highest BCUT2D eigenvalue weighted by atomic mass is 16.3. The van der Waals surface area contributed by atoms with Gasteiger partial charge >= 0.3 is 0 Å². The van der Waals surface area contributed by atoms with Gasteiger partial charge in [0.05, 0.1) is 18.4 Å². The molecule has 2 aliphatic rings. The number of nitrogens with zero attached hydrogens (tertiary/aromatic N) is 1. The Bertz CT molecular complexity index is 364. The van der Waals surface area contributed by atoms with Gasteiger partial charge in [0, 0.05) is 12.6 Å². The summed E-state index contributed by atoms with van der Waals surface area (Å²) in [6, 6.07) is 4.64. The summed E-state index contributed by atoms with van der Waals surface area (Å²) < 4.78 is 5.44. The van der Waals surface area contributed by atoms with E-state index >= 15 is 0 Å². The van der Waals surface area contributed by atoms with E-state index in [1.54, 1.807) is 6.26 Å². The van der Waals surface area contributed by atoms with E-state index in [2.05, 4.69) is 4.90 Å². The molecule has 3 nitrogen and oxygen atoms in total. The largest absolute Gasteiger partial charge is 0.468 e. The molecule has 0 radical (unpaired) electrons. The lowest BCUT2D eigenvalue weighted by Gasteiger charge is -2.37. The minimum Gasteiger partial charge on any atom is -0.468 e. The van der Waals surface area contributed by atoms with Gasteiger partial charge < -0.3 is 9.52 Å². The minimum atomic E-state index is -0.451. The Morgan fingerprint density at radius 2 is 2.06 bits per heavy atom. The van der Waals surface area contributed by atoms with Crippen LogP contribution in [0.2, 0.25) is 0 Å². The monoisotopic (exact) mass is 249 g/mol. The highest BCUT2D eigenvalue weighted by molar-refractivity contribution is 5.01. The molecule has 1 aromatic heterocycles. The third-order valence-electron chi connectivity index (χ3n) is 4.28. The summed E-state index contributed by atoms with van der Waals surface area (Å²) >= 11 is 0. The third kappa shape index (κ3) is 2.96. The molecule has 100 valence electrons. The van der Waals surface area contributed by atoms with Crippen LogP contribution in [0.1, 0.15) is 50.7 Å². The van der Waals surface area contributed by atoms with Gasteiger partial charge in [-0.2, -0.15) is 0 Å². The molecule has 1 heterocycles. The predicted molar refractivity (Wildman–Crippen MR) is 70.2 cm³/mol. The van der Waals surface area contributed by atoms with Gasteiger partial charge in [0.2, 0.25) is 0 Å². The van der Waals surface area contributed by atoms with Gasteiger partial charge in [0.25, 0.3) is 0 Å². The SMILES string of the molecule is OC1(CN(Cc2ccco2)C2CC2)CCCCC1. The lowest BCUT2D eigenvalue weighted by atomic mass is 9.84. The Kier molecular flexibility index (Phi) is 3.44. The molecule has 2 aliphatic carbocycles. The fourth-order valence-electron chi connectivity index (χ4n) is 3.10. The summed E-state index contributed by atoms with van der Waals surface area (Å²) in [4.78, 5) is 2.42. The highest BCUT2D eigenvalue weighted by Gasteiger charge is 2.37. The molecule has 0 aromatic carbocycles. The fourth-order valence-corrected chi connectivity index (χ4v) is 3.10. The van der Waals surface area contributed by atoms with Crippen LogP contribution in [-0.2, 0) is 6.54 Å². The number of furan rings is 1. The standard InChI is InChI=1S/C15H23NO2/c17-15(8-2-1-3-9-15)12-16(13-6-7-13)11-14-5-4-10-18-14/h4-5,10,13,17H,1-3,6-9,11-12H2. The molecule has 1 aromatic rings. The minimum absolute atomic E-state index is 0.451. The van der Waals surface area contributed by atoms with Crippen LogP contribution >= 0.6 is 0 Å². The maximum atomic E-state index is 10.7. The van der Waals surface area contributed by atoms with Crippen LogP contribution in [-0.4, -0.2) is 28.2 Å². The first-order valence-electron chi connectivity index (χ1n) is 7.24. The normalized spacial score (nSPS) is 23.4. The van der Waals surface area contributed by atoms with Crippen LogP contribution in [0, 0.1) is 0 Å². The van der Waals surface area contributed by atoms with Crippen molar-refractivity contribution in [1.82, 2.24) is 4.90 Å². The summed E-state index contributed by atoms with van der Waals surface area (Å²) in [5.74, 6) is 1.02. The van der Waals surface area contributed by atoms with Crippen LogP contribution in [0.3, 0.4) is 0 Å². The second kappa shape index (κ2) is 5.06. The molecular weight excluding hydrogens is 226 g/mol. The molecule has 3 heteroatoms. The van der Waals surface area contributed by atoms with Crippen LogP contribution in [0.4, 0.5) is 0 Å². The smallest absolute Gasteiger partial charge is 0.117 e. The van der Waals surface area contributed by atoms with Gasteiger partial charge in [-0.25, -0.2) is 0 Å². The molecule has 1 N–H and O–H groups in total. The zero-order valence-electron chi connectivity index (χ0n) is 11.0. The zero-order chi connectivity index (χ0) is 12.4. The van der Waals surface area contributed by atoms with E-state index in [9.17, 15) is 5.11 Å². The molecule has 0 aliphatic heterocycles. The summed E-state index contributed by atoms with van der Waals surface area (Å²) in [7, 11) is 0. The van der Waals surface area contributed by atoms with Crippen LogP contribution in [0.5, 0.6) is 0 Å². The molecule has 0 amide bonds. The van der Waals surface area contributed by atoms with Crippen molar-refractivity contribution in [2.45, 2.75) is 63.1 Å². The van der Waals surface area contributed by atoms with Crippen molar-refractivity contribution in [2.24, 2.45) is 0 Å². The van der Waals surface area contributed by atoms with Crippen LogP contribution < -0.4 is 0 Å². The van der Waals surface area contributed by atoms with Crippen molar-refractivity contribution in [3.8, 4) is 0 Å². The third-order valence-corrected chi connectivity index (χ3v) is 4.28. The van der Waals surface area contributed by atoms with E-state index in [-0.39, 0.29) is 0 Å². The summed E-state index contributed by atoms with van der Waals surface area (Å²) in [5, 5.41) is 10.7. The Hall–Kier alpha value is -0.800. The number of hydrogen-bond donors (Lipinski definition) is 1. The molecule has 0 bridgehead atoms. The van der Waals surface area contributed by atoms with Gasteiger partial charge in [-0.05, 0) is 37.8 Å². The lowest BCUT2D eigenvalue weighted by Crippen LogP contribution is -2.45. The molecular formula is C15H23NO2. The topological polar surface area (TPSA) is 36.6 Å². The van der Waals surface area contributed by atoms with Crippen molar-refractivity contribution in [2.75, 3.05) is 6.54 Å². The van der Waals surface area contributed by atoms with E-state index in [4.69, 9.17) is 4.42 Å². The van der Waals surface area contributed by atoms with Gasteiger partial charge in [-0.15, -0.1) is 0 Å². The van der Waals surface area contributed by atoms with Crippen LogP contribution in [0.15, 0.2) is 22.8 Å². The first-order valence-corrected chi connectivity index (χ1v) is 7.24. The number of aliphatic hydroxyl groups is 1. The lowest BCUT2D eigenvalue weighted by molar-refractivity contribution is -0.0313. The van der Waals surface area contributed by atoms with Gasteiger partial charge in [0.1, 0.15) is 5.76 Å². The van der Waals surface area contributed by atoms with E-state index in [0.717, 1.165) is 31.7 Å². The Morgan fingerprint density at radius 1 is 1.28 bits per heavy atom. The molecule has 2 fully saturated rings. The zero-order valence-corrected chi connectivity index (χ0v) is 11.0. The maximum Gasteiger partial charge on any atom is 0.117 e. The van der Waals surface area contributed by atoms with Crippen molar-refractivity contribution in [3.05, 3.63) is 24.2 Å². The van der Waals surface area contributed by atoms with Crippen LogP contribution in [0.25, 0.3) is 0 Å². The van der Waals surface area contributed by atoms with Gasteiger partial charge in [0.15, 0.2) is 0 Å². The van der Waals surface area contributed by atoms with E-state index in [0.29, 0.717) is 6.04 Å². The molecule has 2 saturated carbocycles. The Morgan fingerprint density at radius 3 is 2.67 bits per heavy atom. The Balaban J connectivity index is 1.62. The van der Waals surface area contributed by atoms with E-state index in [1.807, 2.05) is 12.1 Å². The highest BCUT2D eigenvalue weighted by Crippen LogP contribution is 2.34. The second-order valence-corrected chi connectivity index (χ2v) is 6.00. The van der Waals surface area contributed by atoms with Crippen molar-refractivity contribution in [1.29, 1.82) is 0 Å². The Labute approximate surface area is 109 Å². The van der Waals surface area contributed by atoms with Crippen molar-refractivity contribution >= 4 is 0 Å². The summed E-state index contributed by atoms with van der Waals surface area (Å²) in [6.07, 6.45) is 9.85. The van der Waals surface area contributed by atoms with E-state index in [1.165, 1.54) is 32.1 Å². The van der Waals surface area contributed by atoms with Gasteiger partial charge in [-0.1, -0.05) is 19.3 Å². The second-order valence-electron chi connectivity index (χ2n) is 6.00. The maximum absolute atomic E-state index is 10.7. The molecule has 3 rings (SSSR count). The molecule has 0 unspecified atom stereocenters.